The van der Waals surface area contributed by atoms with E-state index in [1.807, 2.05) is 60.7 Å². The minimum absolute atomic E-state index is 0.0445. The van der Waals surface area contributed by atoms with Gasteiger partial charge in [-0.15, -0.1) is 0 Å². The van der Waals surface area contributed by atoms with Gasteiger partial charge in [-0.2, -0.15) is 0 Å². The normalized spacial score (nSPS) is 11.1. The monoisotopic (exact) mass is 519 g/mol. The molecule has 4 rings (SSSR count). The van der Waals surface area contributed by atoms with Crippen LogP contribution in [0.25, 0.3) is 0 Å². The maximum absolute atomic E-state index is 12.5. The van der Waals surface area contributed by atoms with Crippen molar-refractivity contribution in [3.8, 4) is 5.75 Å². The first-order chi connectivity index (χ1) is 17.4. The van der Waals surface area contributed by atoms with Crippen molar-refractivity contribution in [2.45, 2.75) is 30.8 Å². The van der Waals surface area contributed by atoms with Gasteiger partial charge in [-0.3, -0.25) is 4.79 Å². The molecule has 0 spiro atoms. The van der Waals surface area contributed by atoms with E-state index in [0.29, 0.717) is 11.6 Å². The number of carbonyl (C=O) groups is 1. The maximum Gasteiger partial charge on any atom is 0.264 e. The molecule has 0 aliphatic rings. The van der Waals surface area contributed by atoms with Crippen LogP contribution in [0, 0.1) is 0 Å². The van der Waals surface area contributed by atoms with Crippen molar-refractivity contribution in [2.24, 2.45) is 0 Å². The number of hydrogen-bond donors (Lipinski definition) is 1. The van der Waals surface area contributed by atoms with E-state index in [-0.39, 0.29) is 10.5 Å². The lowest BCUT2D eigenvalue weighted by molar-refractivity contribution is 0.0981. The first kappa shape index (κ1) is 25.5. The summed E-state index contributed by atoms with van der Waals surface area (Å²) in [5, 5.41) is 0.665. The van der Waals surface area contributed by atoms with E-state index in [9.17, 15) is 13.2 Å². The van der Waals surface area contributed by atoms with Gasteiger partial charge in [0, 0.05) is 10.6 Å². The minimum atomic E-state index is -3.92. The second-order valence-electron chi connectivity index (χ2n) is 8.32. The van der Waals surface area contributed by atoms with E-state index in [4.69, 9.17) is 16.3 Å². The number of aryl methyl sites for hydroxylation is 2. The number of carbonyl (C=O) groups excluding carboxylic acids is 1. The number of nitrogens with one attached hydrogen (secondary N) is 1. The van der Waals surface area contributed by atoms with E-state index < -0.39 is 15.9 Å². The zero-order valence-electron chi connectivity index (χ0n) is 19.6. The molecule has 0 saturated carbocycles. The molecule has 36 heavy (non-hydrogen) atoms. The lowest BCUT2D eigenvalue weighted by Gasteiger charge is -2.12. The summed E-state index contributed by atoms with van der Waals surface area (Å²) in [6.07, 6.45) is 2.42. The molecule has 4 aromatic carbocycles. The number of amides is 1. The second kappa shape index (κ2) is 11.9. The average molecular weight is 520 g/mol. The Kier molecular flexibility index (Phi) is 8.41. The molecule has 1 amide bonds. The summed E-state index contributed by atoms with van der Waals surface area (Å²) in [6, 6.07) is 30.4. The molecule has 0 fully saturated rings. The summed E-state index contributed by atoms with van der Waals surface area (Å²) in [5.41, 5.74) is 3.47. The predicted octanol–water partition coefficient (Wildman–Crippen LogP) is 6.21. The summed E-state index contributed by atoms with van der Waals surface area (Å²) in [4.78, 5) is 12.5. The number of halogens is 1. The largest absolute Gasteiger partial charge is 0.489 e. The lowest BCUT2D eigenvalue weighted by Crippen LogP contribution is -2.30. The van der Waals surface area contributed by atoms with Crippen LogP contribution in [0.3, 0.4) is 0 Å². The van der Waals surface area contributed by atoms with E-state index in [1.165, 1.54) is 12.1 Å². The van der Waals surface area contributed by atoms with Gasteiger partial charge in [-0.05, 0) is 78.4 Å². The first-order valence-electron chi connectivity index (χ1n) is 11.6. The van der Waals surface area contributed by atoms with Gasteiger partial charge in [0.1, 0.15) is 12.4 Å². The molecule has 0 unspecified atom stereocenters. The summed E-state index contributed by atoms with van der Waals surface area (Å²) >= 11 is 6.23. The zero-order valence-corrected chi connectivity index (χ0v) is 21.1. The highest BCUT2D eigenvalue weighted by atomic mass is 35.5. The fourth-order valence-electron chi connectivity index (χ4n) is 3.76. The molecule has 4 aromatic rings. The summed E-state index contributed by atoms with van der Waals surface area (Å²) in [5.74, 6) is 0.152. The highest BCUT2D eigenvalue weighted by Gasteiger charge is 2.18. The molecule has 1 N–H and O–H groups in total. The number of hydrogen-bond acceptors (Lipinski definition) is 4. The smallest absolute Gasteiger partial charge is 0.264 e. The van der Waals surface area contributed by atoms with Crippen LogP contribution in [0.15, 0.2) is 108 Å². The Labute approximate surface area is 216 Å². The number of benzene rings is 4. The Morgan fingerprint density at radius 1 is 0.778 bits per heavy atom. The third kappa shape index (κ3) is 6.97. The standard InChI is InChI=1S/C29H26ClNO4S/c30-26-18-19-28(35-21-23-8-3-1-4-9-23)25(20-26)11-7-10-22-14-16-24(17-15-22)29(32)31-36(33,34)27-12-5-2-6-13-27/h1-6,8-9,12-20H,7,10-11,21H2,(H,31,32). The van der Waals surface area contributed by atoms with Gasteiger partial charge in [0.05, 0.1) is 4.90 Å². The van der Waals surface area contributed by atoms with E-state index in [0.717, 1.165) is 41.7 Å². The van der Waals surface area contributed by atoms with Crippen molar-refractivity contribution in [3.63, 3.8) is 0 Å². The first-order valence-corrected chi connectivity index (χ1v) is 13.4. The quantitative estimate of drug-likeness (QED) is 0.270. The highest BCUT2D eigenvalue weighted by Crippen LogP contribution is 2.26. The number of ether oxygens (including phenoxy) is 1. The van der Waals surface area contributed by atoms with Gasteiger partial charge in [0.2, 0.25) is 0 Å². The molecule has 7 heteroatoms. The maximum atomic E-state index is 12.5. The van der Waals surface area contributed by atoms with Crippen molar-refractivity contribution < 1.29 is 17.9 Å². The van der Waals surface area contributed by atoms with Gasteiger partial charge in [-0.25, -0.2) is 13.1 Å². The fraction of sp³-hybridized carbons (Fsp3) is 0.138. The zero-order chi connectivity index (χ0) is 25.4. The lowest BCUT2D eigenvalue weighted by atomic mass is 10.0. The predicted molar refractivity (Wildman–Crippen MR) is 142 cm³/mol. The van der Waals surface area contributed by atoms with E-state index in [2.05, 4.69) is 4.72 Å². The second-order valence-corrected chi connectivity index (χ2v) is 10.4. The topological polar surface area (TPSA) is 72.5 Å². The van der Waals surface area contributed by atoms with Crippen molar-refractivity contribution in [1.82, 2.24) is 4.72 Å². The molecule has 0 bridgehead atoms. The van der Waals surface area contributed by atoms with E-state index >= 15 is 0 Å². The van der Waals surface area contributed by atoms with Crippen LogP contribution in [0.4, 0.5) is 0 Å². The fourth-order valence-corrected chi connectivity index (χ4v) is 4.95. The molecule has 5 nitrogen and oxygen atoms in total. The van der Waals surface area contributed by atoms with Gasteiger partial charge >= 0.3 is 0 Å². The van der Waals surface area contributed by atoms with Crippen molar-refractivity contribution in [2.75, 3.05) is 0 Å². The number of rotatable bonds is 10. The Morgan fingerprint density at radius 3 is 2.14 bits per heavy atom. The van der Waals surface area contributed by atoms with Crippen LogP contribution >= 0.6 is 11.6 Å². The third-order valence-electron chi connectivity index (χ3n) is 5.67. The van der Waals surface area contributed by atoms with Crippen molar-refractivity contribution >= 4 is 27.5 Å². The highest BCUT2D eigenvalue weighted by molar-refractivity contribution is 7.90. The molecule has 0 aromatic heterocycles. The Hall–Kier alpha value is -3.61. The van der Waals surface area contributed by atoms with Crippen molar-refractivity contribution in [1.29, 1.82) is 0 Å². The Morgan fingerprint density at radius 2 is 1.44 bits per heavy atom. The molecule has 184 valence electrons. The van der Waals surface area contributed by atoms with Crippen LogP contribution in [0.5, 0.6) is 5.75 Å². The van der Waals surface area contributed by atoms with Gasteiger partial charge in [0.25, 0.3) is 15.9 Å². The molecule has 0 aliphatic heterocycles. The Bertz CT molecular complexity index is 1410. The minimum Gasteiger partial charge on any atom is -0.489 e. The summed E-state index contributed by atoms with van der Waals surface area (Å²) in [6.45, 7) is 0.485. The summed E-state index contributed by atoms with van der Waals surface area (Å²) < 4.78 is 32.9. The van der Waals surface area contributed by atoms with Crippen LogP contribution in [0.2, 0.25) is 5.02 Å². The molecule has 0 aliphatic carbocycles. The van der Waals surface area contributed by atoms with Crippen LogP contribution in [0.1, 0.15) is 33.5 Å². The van der Waals surface area contributed by atoms with Crippen LogP contribution < -0.4 is 9.46 Å². The summed E-state index contributed by atoms with van der Waals surface area (Å²) in [7, 11) is -3.92. The average Bonchev–Trinajstić information content (AvgIpc) is 2.89. The molecule has 0 saturated heterocycles. The molecule has 0 atom stereocenters. The Balaban J connectivity index is 1.33. The van der Waals surface area contributed by atoms with Gasteiger partial charge in [0.15, 0.2) is 0 Å². The molecule has 0 radical (unpaired) electrons. The van der Waals surface area contributed by atoms with Gasteiger partial charge < -0.3 is 4.74 Å². The number of sulfonamides is 1. The molecular weight excluding hydrogens is 494 g/mol. The molecule has 0 heterocycles. The van der Waals surface area contributed by atoms with Gasteiger partial charge in [-0.1, -0.05) is 72.3 Å². The molecular formula is C29H26ClNO4S. The van der Waals surface area contributed by atoms with Crippen molar-refractivity contribution in [3.05, 3.63) is 130 Å². The SMILES string of the molecule is O=C(NS(=O)(=O)c1ccccc1)c1ccc(CCCc2cc(Cl)ccc2OCc2ccccc2)cc1. The van der Waals surface area contributed by atoms with E-state index in [1.54, 1.807) is 30.3 Å². The van der Waals surface area contributed by atoms with Crippen LogP contribution in [-0.2, 0) is 29.5 Å². The third-order valence-corrected chi connectivity index (χ3v) is 7.25. The van der Waals surface area contributed by atoms with Crippen LogP contribution in [-0.4, -0.2) is 14.3 Å².